The number of nitrogens with one attached hydrogen (secondary N) is 2. The van der Waals surface area contributed by atoms with Crippen molar-refractivity contribution in [2.75, 3.05) is 11.1 Å². The minimum atomic E-state index is -0.0780. The van der Waals surface area contributed by atoms with E-state index in [0.717, 1.165) is 28.4 Å². The van der Waals surface area contributed by atoms with Gasteiger partial charge in [0.25, 0.3) is 5.91 Å². The van der Waals surface area contributed by atoms with Crippen LogP contribution in [0.5, 0.6) is 0 Å². The van der Waals surface area contributed by atoms with Gasteiger partial charge in [-0.25, -0.2) is 0 Å². The molecule has 6 heteroatoms. The van der Waals surface area contributed by atoms with Gasteiger partial charge in [-0.3, -0.25) is 4.79 Å². The van der Waals surface area contributed by atoms with E-state index >= 15 is 0 Å². The molecule has 4 N–H and O–H groups in total. The van der Waals surface area contributed by atoms with Crippen LogP contribution in [0.25, 0.3) is 0 Å². The van der Waals surface area contributed by atoms with Crippen LogP contribution >= 0.6 is 22.9 Å². The number of nitrogens with two attached hydrogens (primary N) is 1. The quantitative estimate of drug-likeness (QED) is 0.789. The van der Waals surface area contributed by atoms with Gasteiger partial charge < -0.3 is 16.4 Å². The second-order valence-corrected chi connectivity index (χ2v) is 6.55. The summed E-state index contributed by atoms with van der Waals surface area (Å²) in [6.07, 6.45) is 2.13. The monoisotopic (exact) mass is 321 g/mol. The van der Waals surface area contributed by atoms with Crippen LogP contribution in [-0.2, 0) is 6.54 Å². The first-order valence-electron chi connectivity index (χ1n) is 6.81. The second kappa shape index (κ2) is 5.95. The number of hydrogen-bond donors (Lipinski definition) is 3. The fourth-order valence-electron chi connectivity index (χ4n) is 1.97. The van der Waals surface area contributed by atoms with Gasteiger partial charge in [-0.05, 0) is 30.5 Å². The number of thiophene rings is 1. The van der Waals surface area contributed by atoms with Crippen LogP contribution in [0.15, 0.2) is 30.3 Å². The molecule has 1 aliphatic rings. The van der Waals surface area contributed by atoms with Crippen molar-refractivity contribution in [1.29, 1.82) is 0 Å². The Bertz CT molecular complexity index is 667. The zero-order valence-electron chi connectivity index (χ0n) is 11.4. The smallest absolute Gasteiger partial charge is 0.263 e. The van der Waals surface area contributed by atoms with E-state index < -0.39 is 0 Å². The van der Waals surface area contributed by atoms with Crippen molar-refractivity contribution in [3.8, 4) is 0 Å². The molecule has 1 saturated carbocycles. The Morgan fingerprint density at radius 2 is 2.14 bits per heavy atom. The van der Waals surface area contributed by atoms with Crippen molar-refractivity contribution >= 4 is 39.5 Å². The highest BCUT2D eigenvalue weighted by atomic mass is 35.5. The average molecular weight is 322 g/mol. The van der Waals surface area contributed by atoms with Crippen LogP contribution in [0, 0.1) is 0 Å². The summed E-state index contributed by atoms with van der Waals surface area (Å²) in [6, 6.07) is 9.79. The molecule has 1 aromatic heterocycles. The van der Waals surface area contributed by atoms with E-state index in [2.05, 4.69) is 10.6 Å². The molecule has 3 rings (SSSR count). The molecule has 1 aliphatic carbocycles. The fourth-order valence-corrected chi connectivity index (χ4v) is 3.05. The number of carbonyl (C=O) groups is 1. The van der Waals surface area contributed by atoms with Gasteiger partial charge in [0, 0.05) is 17.6 Å². The van der Waals surface area contributed by atoms with Crippen molar-refractivity contribution in [2.24, 2.45) is 0 Å². The fraction of sp³-hybridized carbons (Fsp3) is 0.267. The summed E-state index contributed by atoms with van der Waals surface area (Å²) in [4.78, 5) is 12.6. The van der Waals surface area contributed by atoms with Gasteiger partial charge >= 0.3 is 0 Å². The lowest BCUT2D eigenvalue weighted by Gasteiger charge is -2.05. The van der Waals surface area contributed by atoms with E-state index in [0.29, 0.717) is 23.2 Å². The average Bonchev–Trinajstić information content (AvgIpc) is 3.19. The Labute approximate surface area is 132 Å². The van der Waals surface area contributed by atoms with Crippen molar-refractivity contribution in [3.05, 3.63) is 45.8 Å². The number of benzene rings is 1. The minimum Gasteiger partial charge on any atom is -0.397 e. The Hall–Kier alpha value is -1.72. The summed E-state index contributed by atoms with van der Waals surface area (Å²) in [5, 5.41) is 7.80. The lowest BCUT2D eigenvalue weighted by Crippen LogP contribution is -2.25. The first-order chi connectivity index (χ1) is 10.1. The minimum absolute atomic E-state index is 0.0780. The lowest BCUT2D eigenvalue weighted by molar-refractivity contribution is 0.0956. The summed E-state index contributed by atoms with van der Waals surface area (Å²) in [6.45, 7) is 0.601. The molecule has 0 radical (unpaired) electrons. The Balaban J connectivity index is 1.66. The standard InChI is InChI=1S/C15H16ClN3OS/c16-11-4-2-1-3-9(11)8-18-13-7-12(17)14(21-13)15(20)19-10-5-6-10/h1-4,7,10,18H,5-6,8,17H2,(H,19,20). The SMILES string of the molecule is Nc1cc(NCc2ccccc2Cl)sc1C(=O)NC1CC1. The Morgan fingerprint density at radius 1 is 1.38 bits per heavy atom. The van der Waals surface area contributed by atoms with Crippen molar-refractivity contribution in [2.45, 2.75) is 25.4 Å². The highest BCUT2D eigenvalue weighted by Crippen LogP contribution is 2.31. The van der Waals surface area contributed by atoms with E-state index in [4.69, 9.17) is 17.3 Å². The summed E-state index contributed by atoms with van der Waals surface area (Å²) in [5.41, 5.74) is 7.44. The summed E-state index contributed by atoms with van der Waals surface area (Å²) < 4.78 is 0. The van der Waals surface area contributed by atoms with E-state index in [1.165, 1.54) is 11.3 Å². The first-order valence-corrected chi connectivity index (χ1v) is 8.00. The maximum absolute atomic E-state index is 12.0. The van der Waals surface area contributed by atoms with Crippen LogP contribution in [0.1, 0.15) is 28.1 Å². The van der Waals surface area contributed by atoms with E-state index in [-0.39, 0.29) is 5.91 Å². The van der Waals surface area contributed by atoms with Gasteiger partial charge in [-0.1, -0.05) is 29.8 Å². The molecule has 1 amide bonds. The molecule has 0 saturated heterocycles. The Morgan fingerprint density at radius 3 is 2.86 bits per heavy atom. The number of rotatable bonds is 5. The molecule has 1 heterocycles. The van der Waals surface area contributed by atoms with Crippen LogP contribution in [-0.4, -0.2) is 11.9 Å². The highest BCUT2D eigenvalue weighted by molar-refractivity contribution is 7.18. The first kappa shape index (κ1) is 14.2. The third kappa shape index (κ3) is 3.49. The van der Waals surface area contributed by atoms with Crippen molar-refractivity contribution in [3.63, 3.8) is 0 Å². The number of nitrogen functional groups attached to an aromatic ring is 1. The van der Waals surface area contributed by atoms with Crippen molar-refractivity contribution < 1.29 is 4.79 Å². The van der Waals surface area contributed by atoms with Gasteiger partial charge in [0.1, 0.15) is 4.88 Å². The maximum atomic E-state index is 12.0. The molecule has 110 valence electrons. The van der Waals surface area contributed by atoms with Crippen LogP contribution in [0.3, 0.4) is 0 Å². The van der Waals surface area contributed by atoms with E-state index in [9.17, 15) is 4.79 Å². The normalized spacial score (nSPS) is 14.0. The van der Waals surface area contributed by atoms with Gasteiger partial charge in [0.2, 0.25) is 0 Å². The van der Waals surface area contributed by atoms with Gasteiger partial charge in [-0.2, -0.15) is 0 Å². The van der Waals surface area contributed by atoms with E-state index in [1.807, 2.05) is 24.3 Å². The highest BCUT2D eigenvalue weighted by Gasteiger charge is 2.25. The summed E-state index contributed by atoms with van der Waals surface area (Å²) in [5.74, 6) is -0.0780. The molecule has 0 spiro atoms. The molecule has 0 unspecified atom stereocenters. The van der Waals surface area contributed by atoms with Crippen LogP contribution in [0.4, 0.5) is 10.7 Å². The molecule has 21 heavy (non-hydrogen) atoms. The number of carbonyl (C=O) groups excluding carboxylic acids is 1. The lowest BCUT2D eigenvalue weighted by atomic mass is 10.2. The summed E-state index contributed by atoms with van der Waals surface area (Å²) in [7, 11) is 0. The van der Waals surface area contributed by atoms with Gasteiger partial charge in [0.05, 0.1) is 10.7 Å². The zero-order chi connectivity index (χ0) is 14.8. The molecular weight excluding hydrogens is 306 g/mol. The molecule has 4 nitrogen and oxygen atoms in total. The predicted octanol–water partition coefficient (Wildman–Crippen LogP) is 3.49. The molecule has 0 aliphatic heterocycles. The maximum Gasteiger partial charge on any atom is 0.263 e. The predicted molar refractivity (Wildman–Crippen MR) is 88.0 cm³/mol. The van der Waals surface area contributed by atoms with Gasteiger partial charge in [-0.15, -0.1) is 11.3 Å². The number of halogens is 1. The zero-order valence-corrected chi connectivity index (χ0v) is 12.9. The van der Waals surface area contributed by atoms with Crippen LogP contribution < -0.4 is 16.4 Å². The second-order valence-electron chi connectivity index (χ2n) is 5.09. The topological polar surface area (TPSA) is 67.1 Å². The van der Waals surface area contributed by atoms with Gasteiger partial charge in [0.15, 0.2) is 0 Å². The molecule has 2 aromatic rings. The van der Waals surface area contributed by atoms with Crippen molar-refractivity contribution in [1.82, 2.24) is 5.32 Å². The number of hydrogen-bond acceptors (Lipinski definition) is 4. The number of amides is 1. The largest absolute Gasteiger partial charge is 0.397 e. The molecule has 0 atom stereocenters. The molecule has 0 bridgehead atoms. The number of anilines is 2. The third-order valence-electron chi connectivity index (χ3n) is 3.29. The van der Waals surface area contributed by atoms with Crippen LogP contribution in [0.2, 0.25) is 5.02 Å². The molecule has 1 fully saturated rings. The summed E-state index contributed by atoms with van der Waals surface area (Å²) >= 11 is 7.49. The molecule has 1 aromatic carbocycles. The Kier molecular flexibility index (Phi) is 4.03. The molecular formula is C15H16ClN3OS. The van der Waals surface area contributed by atoms with E-state index in [1.54, 1.807) is 6.07 Å². The third-order valence-corrected chi connectivity index (χ3v) is 4.77.